The highest BCUT2D eigenvalue weighted by atomic mass is 16.5. The molecule has 1 aromatic heterocycles. The molecule has 0 radical (unpaired) electrons. The predicted molar refractivity (Wildman–Crippen MR) is 79.0 cm³/mol. The SMILES string of the molecule is Cc1ccc(CNC(=O)c2cn3c(n2)COCC3)cc1C. The van der Waals surface area contributed by atoms with Crippen LogP contribution in [0.5, 0.6) is 0 Å². The Labute approximate surface area is 124 Å². The molecule has 1 amide bonds. The van der Waals surface area contributed by atoms with Crippen LogP contribution in [0.25, 0.3) is 0 Å². The van der Waals surface area contributed by atoms with Crippen LogP contribution in [0.1, 0.15) is 33.0 Å². The van der Waals surface area contributed by atoms with Gasteiger partial charge in [-0.25, -0.2) is 4.98 Å². The van der Waals surface area contributed by atoms with Crippen molar-refractivity contribution in [3.63, 3.8) is 0 Å². The molecule has 1 N–H and O–H groups in total. The molecular formula is C16H19N3O2. The van der Waals surface area contributed by atoms with Gasteiger partial charge in [-0.3, -0.25) is 4.79 Å². The Morgan fingerprint density at radius 2 is 2.24 bits per heavy atom. The Kier molecular flexibility index (Phi) is 3.75. The molecule has 0 atom stereocenters. The van der Waals surface area contributed by atoms with Gasteiger partial charge in [-0.15, -0.1) is 0 Å². The zero-order valence-corrected chi connectivity index (χ0v) is 12.3. The zero-order valence-electron chi connectivity index (χ0n) is 12.3. The summed E-state index contributed by atoms with van der Waals surface area (Å²) in [4.78, 5) is 16.5. The van der Waals surface area contributed by atoms with Gasteiger partial charge in [0.05, 0.1) is 6.61 Å². The Hall–Kier alpha value is -2.14. The number of amides is 1. The molecule has 5 nitrogen and oxygen atoms in total. The molecule has 21 heavy (non-hydrogen) atoms. The van der Waals surface area contributed by atoms with E-state index in [9.17, 15) is 4.79 Å². The summed E-state index contributed by atoms with van der Waals surface area (Å²) in [6, 6.07) is 6.21. The van der Waals surface area contributed by atoms with Gasteiger partial charge in [0.2, 0.25) is 0 Å². The number of carbonyl (C=O) groups excluding carboxylic acids is 1. The number of rotatable bonds is 3. The molecular weight excluding hydrogens is 266 g/mol. The largest absolute Gasteiger partial charge is 0.372 e. The lowest BCUT2D eigenvalue weighted by molar-refractivity contribution is 0.0816. The molecule has 1 aromatic carbocycles. The van der Waals surface area contributed by atoms with Gasteiger partial charge in [0.15, 0.2) is 0 Å². The van der Waals surface area contributed by atoms with Crippen LogP contribution in [0, 0.1) is 13.8 Å². The van der Waals surface area contributed by atoms with Crippen molar-refractivity contribution in [2.75, 3.05) is 6.61 Å². The van der Waals surface area contributed by atoms with Crippen molar-refractivity contribution in [3.8, 4) is 0 Å². The maximum atomic E-state index is 12.2. The molecule has 0 fully saturated rings. The molecule has 3 rings (SSSR count). The maximum absolute atomic E-state index is 12.2. The fraction of sp³-hybridized carbons (Fsp3) is 0.375. The van der Waals surface area contributed by atoms with Crippen LogP contribution in [0.15, 0.2) is 24.4 Å². The van der Waals surface area contributed by atoms with Crippen LogP contribution in [0.3, 0.4) is 0 Å². The Morgan fingerprint density at radius 1 is 1.38 bits per heavy atom. The van der Waals surface area contributed by atoms with Gasteiger partial charge < -0.3 is 14.6 Å². The van der Waals surface area contributed by atoms with E-state index in [1.54, 1.807) is 6.20 Å². The van der Waals surface area contributed by atoms with Crippen LogP contribution in [0.2, 0.25) is 0 Å². The van der Waals surface area contributed by atoms with Gasteiger partial charge >= 0.3 is 0 Å². The van der Waals surface area contributed by atoms with Crippen molar-refractivity contribution < 1.29 is 9.53 Å². The summed E-state index contributed by atoms with van der Waals surface area (Å²) >= 11 is 0. The summed E-state index contributed by atoms with van der Waals surface area (Å²) in [7, 11) is 0. The number of hydrogen-bond acceptors (Lipinski definition) is 3. The van der Waals surface area contributed by atoms with Crippen LogP contribution < -0.4 is 5.32 Å². The topological polar surface area (TPSA) is 56.2 Å². The molecule has 1 aliphatic rings. The maximum Gasteiger partial charge on any atom is 0.271 e. The second-order valence-corrected chi connectivity index (χ2v) is 5.39. The average molecular weight is 285 g/mol. The highest BCUT2D eigenvalue weighted by molar-refractivity contribution is 5.92. The third-order valence-electron chi connectivity index (χ3n) is 3.82. The van der Waals surface area contributed by atoms with E-state index in [0.717, 1.165) is 17.9 Å². The van der Waals surface area contributed by atoms with Crippen LogP contribution in [-0.2, 0) is 24.4 Å². The molecule has 0 bridgehead atoms. The van der Waals surface area contributed by atoms with Crippen molar-refractivity contribution in [2.45, 2.75) is 33.5 Å². The summed E-state index contributed by atoms with van der Waals surface area (Å²) < 4.78 is 7.31. The van der Waals surface area contributed by atoms with Gasteiger partial charge in [0.25, 0.3) is 5.91 Å². The van der Waals surface area contributed by atoms with Gasteiger partial charge in [-0.05, 0) is 30.5 Å². The molecule has 0 unspecified atom stereocenters. The third kappa shape index (κ3) is 2.97. The van der Waals surface area contributed by atoms with Crippen molar-refractivity contribution in [1.29, 1.82) is 0 Å². The quantitative estimate of drug-likeness (QED) is 0.938. The number of imidazole rings is 1. The summed E-state index contributed by atoms with van der Waals surface area (Å²) in [6.07, 6.45) is 1.80. The van der Waals surface area contributed by atoms with E-state index in [0.29, 0.717) is 25.5 Å². The summed E-state index contributed by atoms with van der Waals surface area (Å²) in [6.45, 7) is 6.57. The number of aryl methyl sites for hydroxylation is 2. The van der Waals surface area contributed by atoms with Gasteiger partial charge in [0.1, 0.15) is 18.1 Å². The van der Waals surface area contributed by atoms with E-state index in [4.69, 9.17) is 4.74 Å². The number of aromatic nitrogens is 2. The number of hydrogen-bond donors (Lipinski definition) is 1. The van der Waals surface area contributed by atoms with E-state index in [2.05, 4.69) is 36.3 Å². The van der Waals surface area contributed by atoms with E-state index in [1.165, 1.54) is 11.1 Å². The molecule has 2 aromatic rings. The molecule has 110 valence electrons. The lowest BCUT2D eigenvalue weighted by Crippen LogP contribution is -2.23. The fourth-order valence-electron chi connectivity index (χ4n) is 2.39. The van der Waals surface area contributed by atoms with Crippen LogP contribution in [-0.4, -0.2) is 22.1 Å². The van der Waals surface area contributed by atoms with Gasteiger partial charge in [0, 0.05) is 19.3 Å². The first kappa shape index (κ1) is 13.8. The van der Waals surface area contributed by atoms with Crippen LogP contribution in [0.4, 0.5) is 0 Å². The Bertz CT molecular complexity index is 653. The average Bonchev–Trinajstić information content (AvgIpc) is 2.92. The second-order valence-electron chi connectivity index (χ2n) is 5.39. The minimum Gasteiger partial charge on any atom is -0.372 e. The molecule has 1 aliphatic heterocycles. The van der Waals surface area contributed by atoms with Crippen molar-refractivity contribution in [1.82, 2.24) is 14.9 Å². The normalized spacial score (nSPS) is 13.8. The molecule has 0 aliphatic carbocycles. The lowest BCUT2D eigenvalue weighted by Gasteiger charge is -2.13. The minimum atomic E-state index is -0.143. The number of nitrogens with zero attached hydrogens (tertiary/aromatic N) is 2. The third-order valence-corrected chi connectivity index (χ3v) is 3.82. The second kappa shape index (κ2) is 5.69. The fourth-order valence-corrected chi connectivity index (χ4v) is 2.39. The molecule has 0 saturated carbocycles. The highest BCUT2D eigenvalue weighted by Gasteiger charge is 2.16. The van der Waals surface area contributed by atoms with Gasteiger partial charge in [-0.1, -0.05) is 18.2 Å². The number of carbonyl (C=O) groups is 1. The monoisotopic (exact) mass is 285 g/mol. The molecule has 0 saturated heterocycles. The molecule has 5 heteroatoms. The first-order chi connectivity index (χ1) is 10.1. The highest BCUT2D eigenvalue weighted by Crippen LogP contribution is 2.11. The van der Waals surface area contributed by atoms with E-state index in [1.807, 2.05) is 10.6 Å². The number of nitrogens with one attached hydrogen (secondary N) is 1. The lowest BCUT2D eigenvalue weighted by atomic mass is 10.1. The van der Waals surface area contributed by atoms with Crippen molar-refractivity contribution in [3.05, 3.63) is 52.6 Å². The van der Waals surface area contributed by atoms with Crippen molar-refractivity contribution >= 4 is 5.91 Å². The number of ether oxygens (including phenoxy) is 1. The van der Waals surface area contributed by atoms with E-state index < -0.39 is 0 Å². The minimum absolute atomic E-state index is 0.143. The number of benzene rings is 1. The van der Waals surface area contributed by atoms with Gasteiger partial charge in [-0.2, -0.15) is 0 Å². The van der Waals surface area contributed by atoms with E-state index in [-0.39, 0.29) is 5.91 Å². The smallest absolute Gasteiger partial charge is 0.271 e. The molecule has 0 spiro atoms. The standard InChI is InChI=1S/C16H19N3O2/c1-11-3-4-13(7-12(11)2)8-17-16(20)14-9-19-5-6-21-10-15(19)18-14/h3-4,7,9H,5-6,8,10H2,1-2H3,(H,17,20). The van der Waals surface area contributed by atoms with Crippen molar-refractivity contribution in [2.24, 2.45) is 0 Å². The number of fused-ring (bicyclic) bond motifs is 1. The van der Waals surface area contributed by atoms with Crippen LogP contribution >= 0.6 is 0 Å². The summed E-state index contributed by atoms with van der Waals surface area (Å²) in [5, 5.41) is 2.92. The summed E-state index contributed by atoms with van der Waals surface area (Å²) in [5.74, 6) is 0.674. The first-order valence-corrected chi connectivity index (χ1v) is 7.11. The zero-order chi connectivity index (χ0) is 14.8. The predicted octanol–water partition coefficient (Wildman–Crippen LogP) is 1.96. The Balaban J connectivity index is 1.66. The first-order valence-electron chi connectivity index (χ1n) is 7.11. The summed E-state index contributed by atoms with van der Waals surface area (Å²) in [5.41, 5.74) is 4.04. The Morgan fingerprint density at radius 3 is 3.00 bits per heavy atom. The molecule has 2 heterocycles. The van der Waals surface area contributed by atoms with E-state index >= 15 is 0 Å².